The quantitative estimate of drug-likeness (QED) is 0.383. The van der Waals surface area contributed by atoms with E-state index in [1.54, 1.807) is 0 Å². The molecule has 0 aromatic rings. The molecule has 0 aliphatic rings. The zero-order valence-electron chi connectivity index (χ0n) is 7.98. The number of hydrogen-bond donors (Lipinski definition) is 4. The van der Waals surface area contributed by atoms with Crippen molar-refractivity contribution >= 4 is 18.0 Å². The predicted molar refractivity (Wildman–Crippen MR) is 46.6 cm³/mol. The van der Waals surface area contributed by atoms with Gasteiger partial charge in [-0.25, -0.2) is 9.59 Å². The van der Waals surface area contributed by atoms with Crippen LogP contribution >= 0.6 is 0 Å². The van der Waals surface area contributed by atoms with Gasteiger partial charge in [0.25, 0.3) is 0 Å². The van der Waals surface area contributed by atoms with Crippen LogP contribution in [0.2, 0.25) is 0 Å². The van der Waals surface area contributed by atoms with Crippen molar-refractivity contribution in [3.05, 3.63) is 0 Å². The average molecular weight is 220 g/mol. The molecule has 0 radical (unpaired) electrons. The Hall–Kier alpha value is -1.87. The molecule has 15 heavy (non-hydrogen) atoms. The van der Waals surface area contributed by atoms with E-state index in [1.807, 2.05) is 0 Å². The van der Waals surface area contributed by atoms with Gasteiger partial charge in [-0.1, -0.05) is 0 Å². The summed E-state index contributed by atoms with van der Waals surface area (Å²) >= 11 is 0. The Labute approximate surface area is 85.0 Å². The molecule has 1 atom stereocenters. The Kier molecular flexibility index (Phi) is 5.75. The third-order valence-electron chi connectivity index (χ3n) is 1.34. The number of nitrogens with two attached hydrogens (primary N) is 2. The lowest BCUT2D eigenvalue weighted by Crippen LogP contribution is -2.49. The fourth-order valence-corrected chi connectivity index (χ4v) is 0.748. The van der Waals surface area contributed by atoms with Crippen LogP contribution in [0.3, 0.4) is 0 Å². The lowest BCUT2D eigenvalue weighted by Gasteiger charge is -2.14. The Balaban J connectivity index is 4.18. The Bertz CT molecular complexity index is 256. The van der Waals surface area contributed by atoms with E-state index in [-0.39, 0.29) is 6.54 Å². The number of nitrogens with one attached hydrogen (secondary N) is 2. The molecule has 86 valence electrons. The van der Waals surface area contributed by atoms with Gasteiger partial charge in [-0.15, -0.1) is 0 Å². The maximum Gasteiger partial charge on any atom is 0.425 e. The summed E-state index contributed by atoms with van der Waals surface area (Å²) in [5, 5.41) is 4.30. The highest BCUT2D eigenvalue weighted by Crippen LogP contribution is 1.86. The Morgan fingerprint density at radius 2 is 1.87 bits per heavy atom. The van der Waals surface area contributed by atoms with E-state index in [0.717, 1.165) is 0 Å². The van der Waals surface area contributed by atoms with Crippen molar-refractivity contribution in [3.8, 4) is 0 Å². The van der Waals surface area contributed by atoms with E-state index < -0.39 is 24.0 Å². The van der Waals surface area contributed by atoms with Gasteiger partial charge in [0, 0.05) is 6.92 Å². The highest BCUT2D eigenvalue weighted by Gasteiger charge is 2.21. The Morgan fingerprint density at radius 1 is 1.27 bits per heavy atom. The van der Waals surface area contributed by atoms with Crippen LogP contribution in [0.1, 0.15) is 6.92 Å². The molecule has 0 saturated carbocycles. The summed E-state index contributed by atoms with van der Waals surface area (Å²) in [6.07, 6.45) is -0.949. The number of carbonyl (C=O) groups excluding carboxylic acids is 3. The third kappa shape index (κ3) is 5.44. The SMILES string of the molecule is CC(=O)NC(CNC(=O)ON)C(=O)ON. The van der Waals surface area contributed by atoms with Gasteiger partial charge in [0.2, 0.25) is 5.91 Å². The molecule has 9 heteroatoms. The van der Waals surface area contributed by atoms with Gasteiger partial charge in [0.1, 0.15) is 6.04 Å². The van der Waals surface area contributed by atoms with Crippen LogP contribution in [0.4, 0.5) is 4.79 Å². The lowest BCUT2D eigenvalue weighted by atomic mass is 10.3. The second-order valence-electron chi connectivity index (χ2n) is 2.48. The molecule has 9 nitrogen and oxygen atoms in total. The van der Waals surface area contributed by atoms with E-state index in [1.165, 1.54) is 6.92 Å². The molecule has 0 aromatic heterocycles. The minimum Gasteiger partial charge on any atom is -0.372 e. The van der Waals surface area contributed by atoms with E-state index in [0.29, 0.717) is 0 Å². The normalized spacial score (nSPS) is 11.1. The summed E-state index contributed by atoms with van der Waals surface area (Å²) in [5.74, 6) is 7.77. The zero-order chi connectivity index (χ0) is 11.8. The van der Waals surface area contributed by atoms with Crippen molar-refractivity contribution < 1.29 is 24.1 Å². The summed E-state index contributed by atoms with van der Waals surface area (Å²) in [6.45, 7) is 0.948. The molecule has 0 aliphatic heterocycles. The number of carbonyl (C=O) groups is 3. The summed E-state index contributed by atoms with van der Waals surface area (Å²) in [7, 11) is 0. The smallest absolute Gasteiger partial charge is 0.372 e. The van der Waals surface area contributed by atoms with Crippen LogP contribution in [0, 0.1) is 0 Å². The molecule has 0 bridgehead atoms. The van der Waals surface area contributed by atoms with Crippen molar-refractivity contribution in [1.29, 1.82) is 0 Å². The van der Waals surface area contributed by atoms with Crippen molar-refractivity contribution in [3.63, 3.8) is 0 Å². The van der Waals surface area contributed by atoms with Crippen molar-refractivity contribution in [1.82, 2.24) is 10.6 Å². The first kappa shape index (κ1) is 13.1. The predicted octanol–water partition coefficient (Wildman–Crippen LogP) is -2.49. The van der Waals surface area contributed by atoms with Gasteiger partial charge in [0.15, 0.2) is 0 Å². The van der Waals surface area contributed by atoms with Crippen LogP contribution in [0.25, 0.3) is 0 Å². The fourth-order valence-electron chi connectivity index (χ4n) is 0.748. The highest BCUT2D eigenvalue weighted by molar-refractivity contribution is 5.83. The molecule has 0 saturated heterocycles. The van der Waals surface area contributed by atoms with Crippen molar-refractivity contribution in [2.45, 2.75) is 13.0 Å². The van der Waals surface area contributed by atoms with Gasteiger partial charge >= 0.3 is 12.1 Å². The molecule has 0 spiro atoms. The van der Waals surface area contributed by atoms with Crippen molar-refractivity contribution in [2.24, 2.45) is 11.8 Å². The van der Waals surface area contributed by atoms with E-state index in [4.69, 9.17) is 0 Å². The summed E-state index contributed by atoms with van der Waals surface area (Å²) in [4.78, 5) is 39.9. The minimum absolute atomic E-state index is 0.244. The standard InChI is InChI=1S/C6H12N4O5/c1-3(11)10-4(5(12)14-7)2-9-6(13)15-8/h4H,2,7-8H2,1H3,(H,9,13)(H,10,11). The first-order valence-corrected chi connectivity index (χ1v) is 3.83. The van der Waals surface area contributed by atoms with Crippen LogP contribution in [-0.2, 0) is 19.3 Å². The topological polar surface area (TPSA) is 146 Å². The first-order chi connectivity index (χ1) is 7.01. The van der Waals surface area contributed by atoms with E-state index in [9.17, 15) is 14.4 Å². The molecule has 0 heterocycles. The maximum atomic E-state index is 11.0. The Morgan fingerprint density at radius 3 is 2.27 bits per heavy atom. The minimum atomic E-state index is -1.09. The molecule has 1 unspecified atom stereocenters. The third-order valence-corrected chi connectivity index (χ3v) is 1.34. The maximum absolute atomic E-state index is 11.0. The molecule has 0 aromatic carbocycles. The summed E-state index contributed by atoms with van der Waals surface area (Å²) in [5.41, 5.74) is 0. The number of rotatable bonds is 4. The van der Waals surface area contributed by atoms with E-state index in [2.05, 4.69) is 32.1 Å². The first-order valence-electron chi connectivity index (χ1n) is 3.83. The zero-order valence-corrected chi connectivity index (χ0v) is 7.98. The second kappa shape index (κ2) is 6.56. The number of amides is 2. The molecular weight excluding hydrogens is 208 g/mol. The van der Waals surface area contributed by atoms with Crippen molar-refractivity contribution in [2.75, 3.05) is 6.54 Å². The van der Waals surface area contributed by atoms with Gasteiger partial charge in [-0.2, -0.15) is 11.8 Å². The van der Waals surface area contributed by atoms with Crippen LogP contribution in [0.5, 0.6) is 0 Å². The van der Waals surface area contributed by atoms with Crippen LogP contribution < -0.4 is 22.4 Å². The largest absolute Gasteiger partial charge is 0.425 e. The van der Waals surface area contributed by atoms with E-state index >= 15 is 0 Å². The highest BCUT2D eigenvalue weighted by atomic mass is 16.7. The van der Waals surface area contributed by atoms with Gasteiger partial charge in [-0.3, -0.25) is 4.79 Å². The molecule has 2 amide bonds. The van der Waals surface area contributed by atoms with Gasteiger partial charge in [-0.05, 0) is 0 Å². The molecule has 6 N–H and O–H groups in total. The molecule has 0 aliphatic carbocycles. The lowest BCUT2D eigenvalue weighted by molar-refractivity contribution is -0.148. The van der Waals surface area contributed by atoms with Crippen LogP contribution in [-0.4, -0.2) is 30.6 Å². The molecule has 0 fully saturated rings. The summed E-state index contributed by atoms with van der Waals surface area (Å²) in [6, 6.07) is -1.09. The second-order valence-corrected chi connectivity index (χ2v) is 2.48. The summed E-state index contributed by atoms with van der Waals surface area (Å²) < 4.78 is 0. The van der Waals surface area contributed by atoms with Crippen LogP contribution in [0.15, 0.2) is 0 Å². The monoisotopic (exact) mass is 220 g/mol. The molecule has 0 rings (SSSR count). The number of hydrogen-bond acceptors (Lipinski definition) is 7. The fraction of sp³-hybridized carbons (Fsp3) is 0.500. The average Bonchev–Trinajstić information content (AvgIpc) is 2.21. The molecular formula is C6H12N4O5. The van der Waals surface area contributed by atoms with Gasteiger partial charge in [0.05, 0.1) is 6.54 Å². The van der Waals surface area contributed by atoms with Gasteiger partial charge < -0.3 is 20.3 Å².